The lowest BCUT2D eigenvalue weighted by Gasteiger charge is -2.14. The second-order valence-corrected chi connectivity index (χ2v) is 8.90. The molecule has 186 valence electrons. The Balaban J connectivity index is 0.00000267. The van der Waals surface area contributed by atoms with E-state index in [-0.39, 0.29) is 23.9 Å². The third-order valence-corrected chi connectivity index (χ3v) is 6.66. The monoisotopic (exact) mass is 511 g/mol. The molecule has 2 aromatic carbocycles. The molecule has 0 atom stereocenters. The zero-order valence-corrected chi connectivity index (χ0v) is 20.7. The number of hydrogen-bond donors (Lipinski definition) is 1. The van der Waals surface area contributed by atoms with Crippen LogP contribution in [0.25, 0.3) is 28.1 Å². The molecule has 1 aliphatic heterocycles. The molecule has 3 aromatic heterocycles. The molecule has 0 fully saturated rings. The number of halogens is 3. The van der Waals surface area contributed by atoms with E-state index in [0.29, 0.717) is 46.5 Å². The lowest BCUT2D eigenvalue weighted by molar-refractivity contribution is 0.608. The predicted octanol–water partition coefficient (Wildman–Crippen LogP) is 3.66. The highest BCUT2D eigenvalue weighted by Crippen LogP contribution is 2.27. The van der Waals surface area contributed by atoms with E-state index in [1.54, 1.807) is 66.9 Å². The molecule has 1 aliphatic rings. The molecule has 4 heterocycles. The van der Waals surface area contributed by atoms with Gasteiger partial charge in [0.05, 0.1) is 34.2 Å². The van der Waals surface area contributed by atoms with Crippen molar-refractivity contribution in [2.24, 2.45) is 7.05 Å². The minimum atomic E-state index is -0.516. The number of fused-ring (bicyclic) bond motifs is 2. The Kier molecular flexibility index (Phi) is 5.80. The van der Waals surface area contributed by atoms with Crippen LogP contribution in [-0.2, 0) is 20.0 Å². The van der Waals surface area contributed by atoms with Crippen molar-refractivity contribution in [1.29, 1.82) is 0 Å². The standard InChI is InChI=1S/C25H23F2N7O.ClH/c1-14-10-16(11-15(2)22(14)26)34-24(17-12-28-7-6-19(17)30-34)33-9-8-32(25(33)35)21-5-4-20-18(23(21)27)13-29-31(20)3;/h4-5,8-11,13,28H,6-7,12H2,1-3H3;1H. The number of aromatic nitrogens is 6. The van der Waals surface area contributed by atoms with Crippen molar-refractivity contribution in [3.63, 3.8) is 0 Å². The van der Waals surface area contributed by atoms with Gasteiger partial charge < -0.3 is 5.32 Å². The second kappa shape index (κ2) is 8.72. The molecule has 0 amide bonds. The van der Waals surface area contributed by atoms with E-state index in [1.807, 2.05) is 0 Å². The topological polar surface area (TPSA) is 74.6 Å². The Labute approximate surface area is 211 Å². The SMILES string of the molecule is Cc1cc(-n2nc3c(c2-n2ccn(-c4ccc5c(cnn5C)c4F)c2=O)CNCC3)cc(C)c1F.Cl. The summed E-state index contributed by atoms with van der Waals surface area (Å²) in [6.45, 7) is 4.72. The third-order valence-electron chi connectivity index (χ3n) is 6.66. The highest BCUT2D eigenvalue weighted by atomic mass is 35.5. The molecule has 1 N–H and O–H groups in total. The maximum atomic E-state index is 15.4. The summed E-state index contributed by atoms with van der Waals surface area (Å²) < 4.78 is 35.7. The molecular weight excluding hydrogens is 488 g/mol. The van der Waals surface area contributed by atoms with E-state index in [9.17, 15) is 9.18 Å². The van der Waals surface area contributed by atoms with Crippen LogP contribution in [0, 0.1) is 25.5 Å². The number of nitrogens with one attached hydrogen (secondary N) is 1. The van der Waals surface area contributed by atoms with Crippen LogP contribution < -0.4 is 11.0 Å². The molecule has 0 aliphatic carbocycles. The number of nitrogens with zero attached hydrogens (tertiary/aromatic N) is 6. The van der Waals surface area contributed by atoms with E-state index in [2.05, 4.69) is 10.4 Å². The Morgan fingerprint density at radius 1 is 1.03 bits per heavy atom. The Morgan fingerprint density at radius 3 is 2.50 bits per heavy atom. The van der Waals surface area contributed by atoms with Gasteiger partial charge in [-0.15, -0.1) is 12.4 Å². The number of rotatable bonds is 3. The normalized spacial score (nSPS) is 13.1. The summed E-state index contributed by atoms with van der Waals surface area (Å²) in [5, 5.41) is 12.6. The van der Waals surface area contributed by atoms with Crippen molar-refractivity contribution in [2.45, 2.75) is 26.8 Å². The van der Waals surface area contributed by atoms with Crippen LogP contribution >= 0.6 is 12.4 Å². The van der Waals surface area contributed by atoms with E-state index < -0.39 is 11.5 Å². The molecule has 0 radical (unpaired) electrons. The quantitative estimate of drug-likeness (QED) is 0.401. The van der Waals surface area contributed by atoms with Crippen molar-refractivity contribution in [3.8, 4) is 17.2 Å². The molecule has 0 saturated carbocycles. The van der Waals surface area contributed by atoms with Crippen LogP contribution in [0.3, 0.4) is 0 Å². The van der Waals surface area contributed by atoms with Gasteiger partial charge in [0.15, 0.2) is 5.82 Å². The molecular formula is C25H24ClF2N7O. The van der Waals surface area contributed by atoms with Crippen molar-refractivity contribution in [3.05, 3.63) is 87.4 Å². The molecule has 0 unspecified atom stereocenters. The first-order chi connectivity index (χ1) is 16.8. The number of hydrogen-bond acceptors (Lipinski definition) is 4. The molecule has 8 nitrogen and oxygen atoms in total. The largest absolute Gasteiger partial charge is 0.338 e. The van der Waals surface area contributed by atoms with Crippen LogP contribution in [0.15, 0.2) is 47.7 Å². The summed E-state index contributed by atoms with van der Waals surface area (Å²) in [6, 6.07) is 6.75. The van der Waals surface area contributed by atoms with Crippen molar-refractivity contribution < 1.29 is 8.78 Å². The zero-order chi connectivity index (χ0) is 24.4. The number of imidazole rings is 1. The van der Waals surface area contributed by atoms with Crippen molar-refractivity contribution in [2.75, 3.05) is 6.54 Å². The molecule has 0 saturated heterocycles. The molecule has 5 aromatic rings. The summed E-state index contributed by atoms with van der Waals surface area (Å²) in [6.07, 6.45) is 5.31. The summed E-state index contributed by atoms with van der Waals surface area (Å²) in [5.41, 5.74) is 3.76. The van der Waals surface area contributed by atoms with Gasteiger partial charge in [-0.25, -0.2) is 18.3 Å². The molecule has 11 heteroatoms. The van der Waals surface area contributed by atoms with Crippen LogP contribution in [0.5, 0.6) is 0 Å². The fourth-order valence-corrected chi connectivity index (χ4v) is 4.85. The Morgan fingerprint density at radius 2 is 1.75 bits per heavy atom. The van der Waals surface area contributed by atoms with Gasteiger partial charge in [-0.2, -0.15) is 10.2 Å². The van der Waals surface area contributed by atoms with Crippen molar-refractivity contribution in [1.82, 2.24) is 34.0 Å². The van der Waals surface area contributed by atoms with Gasteiger partial charge in [0.1, 0.15) is 11.6 Å². The summed E-state index contributed by atoms with van der Waals surface area (Å²) in [5.74, 6) is -0.222. The summed E-state index contributed by atoms with van der Waals surface area (Å²) in [4.78, 5) is 13.6. The average molecular weight is 512 g/mol. The Hall–Kier alpha value is -3.76. The first-order valence-corrected chi connectivity index (χ1v) is 11.3. The lowest BCUT2D eigenvalue weighted by atomic mass is 10.1. The summed E-state index contributed by atoms with van der Waals surface area (Å²) in [7, 11) is 1.74. The minimum Gasteiger partial charge on any atom is -0.312 e. The van der Waals surface area contributed by atoms with Gasteiger partial charge in [-0.05, 0) is 49.2 Å². The third kappa shape index (κ3) is 3.48. The van der Waals surface area contributed by atoms with Gasteiger partial charge in [0.25, 0.3) is 0 Å². The highest BCUT2D eigenvalue weighted by molar-refractivity contribution is 5.85. The summed E-state index contributed by atoms with van der Waals surface area (Å²) >= 11 is 0. The first kappa shape index (κ1) is 24.0. The number of benzene rings is 2. The van der Waals surface area contributed by atoms with Gasteiger partial charge in [-0.3, -0.25) is 13.8 Å². The van der Waals surface area contributed by atoms with Crippen LogP contribution in [0.1, 0.15) is 22.4 Å². The van der Waals surface area contributed by atoms with E-state index in [1.165, 1.54) is 15.3 Å². The Bertz CT molecular complexity index is 1670. The first-order valence-electron chi connectivity index (χ1n) is 11.3. The molecule has 0 bridgehead atoms. The van der Waals surface area contributed by atoms with Gasteiger partial charge in [0.2, 0.25) is 0 Å². The smallest absolute Gasteiger partial charge is 0.312 e. The molecule has 36 heavy (non-hydrogen) atoms. The molecule has 6 rings (SSSR count). The van der Waals surface area contributed by atoms with Crippen molar-refractivity contribution >= 4 is 23.3 Å². The van der Waals surface area contributed by atoms with Crippen LogP contribution in [0.4, 0.5) is 8.78 Å². The highest BCUT2D eigenvalue weighted by Gasteiger charge is 2.25. The van der Waals surface area contributed by atoms with E-state index in [4.69, 9.17) is 5.10 Å². The number of aryl methyl sites for hydroxylation is 3. The van der Waals surface area contributed by atoms with Gasteiger partial charge >= 0.3 is 5.69 Å². The average Bonchev–Trinajstić information content (AvgIpc) is 3.53. The zero-order valence-electron chi connectivity index (χ0n) is 19.9. The van der Waals surface area contributed by atoms with Crippen LogP contribution in [0.2, 0.25) is 0 Å². The second-order valence-electron chi connectivity index (χ2n) is 8.90. The predicted molar refractivity (Wildman–Crippen MR) is 135 cm³/mol. The lowest BCUT2D eigenvalue weighted by Crippen LogP contribution is -2.27. The maximum Gasteiger partial charge on any atom is 0.338 e. The fourth-order valence-electron chi connectivity index (χ4n) is 4.85. The van der Waals surface area contributed by atoms with E-state index >= 15 is 4.39 Å². The maximum absolute atomic E-state index is 15.4. The van der Waals surface area contributed by atoms with Gasteiger partial charge in [0, 0.05) is 44.5 Å². The van der Waals surface area contributed by atoms with Gasteiger partial charge in [-0.1, -0.05) is 0 Å². The molecule has 0 spiro atoms. The minimum absolute atomic E-state index is 0. The van der Waals surface area contributed by atoms with Crippen LogP contribution in [-0.4, -0.2) is 35.2 Å². The fraction of sp³-hybridized carbons (Fsp3) is 0.240. The van der Waals surface area contributed by atoms with E-state index in [0.717, 1.165) is 17.8 Å².